The second-order valence-electron chi connectivity index (χ2n) is 6.46. The van der Waals surface area contributed by atoms with E-state index < -0.39 is 30.0 Å². The molecule has 146 valence electrons. The molecule has 1 aromatic rings. The van der Waals surface area contributed by atoms with Gasteiger partial charge in [0, 0.05) is 5.57 Å². The highest BCUT2D eigenvalue weighted by Crippen LogP contribution is 2.37. The van der Waals surface area contributed by atoms with Crippen LogP contribution >= 0.6 is 0 Å². The molecule has 1 unspecified atom stereocenters. The fourth-order valence-corrected chi connectivity index (χ4v) is 2.33. The van der Waals surface area contributed by atoms with Crippen LogP contribution in [0.4, 0.5) is 13.2 Å². The predicted molar refractivity (Wildman–Crippen MR) is 91.8 cm³/mol. The van der Waals surface area contributed by atoms with Gasteiger partial charge in [-0.05, 0) is 44.4 Å². The van der Waals surface area contributed by atoms with Gasteiger partial charge < -0.3 is 14.6 Å². The number of esters is 1. The number of rotatable bonds is 8. The molecule has 7 heteroatoms. The smallest absolute Gasteiger partial charge is 0.419 e. The number of alkyl halides is 3. The van der Waals surface area contributed by atoms with Crippen LogP contribution in [0.5, 0.6) is 5.75 Å². The lowest BCUT2D eigenvalue weighted by atomic mass is 9.88. The lowest BCUT2D eigenvalue weighted by molar-refractivity contribution is -0.278. The Kier molecular flexibility index (Phi) is 7.02. The van der Waals surface area contributed by atoms with E-state index in [1.54, 1.807) is 38.1 Å². The minimum absolute atomic E-state index is 0.253. The first-order chi connectivity index (χ1) is 11.9. The number of hydrogen-bond donors (Lipinski definition) is 1. The summed E-state index contributed by atoms with van der Waals surface area (Å²) in [6.45, 7) is 8.40. The Morgan fingerprint density at radius 1 is 1.15 bits per heavy atom. The van der Waals surface area contributed by atoms with Gasteiger partial charge in [-0.1, -0.05) is 32.6 Å². The van der Waals surface area contributed by atoms with Crippen LogP contribution in [-0.2, 0) is 15.1 Å². The van der Waals surface area contributed by atoms with Crippen molar-refractivity contribution in [3.05, 3.63) is 42.0 Å². The first-order valence-corrected chi connectivity index (χ1v) is 8.30. The van der Waals surface area contributed by atoms with Crippen molar-refractivity contribution in [3.63, 3.8) is 0 Å². The average molecular weight is 374 g/mol. The summed E-state index contributed by atoms with van der Waals surface area (Å²) >= 11 is 0. The standard InChI is InChI=1S/C19H25F3O4/c1-6-18(7-2,25-12-17(5,24)19(20,21)22)14-8-10-15(11-9-14)26-16(23)13(3)4/h8-11,24H,3,6-7,12H2,1-2,4-5H3. The summed E-state index contributed by atoms with van der Waals surface area (Å²) in [5.74, 6) is -0.266. The zero-order valence-corrected chi connectivity index (χ0v) is 15.4. The summed E-state index contributed by atoms with van der Waals surface area (Å²) in [5, 5.41) is 9.63. The van der Waals surface area contributed by atoms with Crippen molar-refractivity contribution in [2.45, 2.75) is 57.9 Å². The maximum atomic E-state index is 12.9. The SMILES string of the molecule is C=C(C)C(=O)Oc1ccc(C(CC)(CC)OCC(C)(O)C(F)(F)F)cc1. The molecule has 1 atom stereocenters. The van der Waals surface area contributed by atoms with Gasteiger partial charge in [-0.25, -0.2) is 4.79 Å². The van der Waals surface area contributed by atoms with Crippen molar-refractivity contribution in [2.24, 2.45) is 0 Å². The summed E-state index contributed by atoms with van der Waals surface area (Å²) in [7, 11) is 0. The van der Waals surface area contributed by atoms with Gasteiger partial charge in [-0.15, -0.1) is 0 Å². The van der Waals surface area contributed by atoms with Gasteiger partial charge in [0.2, 0.25) is 0 Å². The molecule has 0 aliphatic heterocycles. The third-order valence-electron chi connectivity index (χ3n) is 4.32. The van der Waals surface area contributed by atoms with E-state index in [2.05, 4.69) is 6.58 Å². The van der Waals surface area contributed by atoms with Gasteiger partial charge in [-0.3, -0.25) is 0 Å². The minimum Gasteiger partial charge on any atom is -0.423 e. The molecule has 0 heterocycles. The highest BCUT2D eigenvalue weighted by atomic mass is 19.4. The van der Waals surface area contributed by atoms with E-state index >= 15 is 0 Å². The van der Waals surface area contributed by atoms with Gasteiger partial charge in [0.1, 0.15) is 5.75 Å². The third kappa shape index (κ3) is 5.08. The predicted octanol–water partition coefficient (Wildman–Crippen LogP) is 4.51. The summed E-state index contributed by atoms with van der Waals surface area (Å²) in [5.41, 5.74) is -3.05. The molecule has 0 saturated heterocycles. The van der Waals surface area contributed by atoms with Crippen LogP contribution in [0.1, 0.15) is 46.1 Å². The molecule has 0 radical (unpaired) electrons. The Bertz CT molecular complexity index is 629. The van der Waals surface area contributed by atoms with Crippen molar-refractivity contribution < 1.29 is 32.5 Å². The molecular formula is C19H25F3O4. The Labute approximate surface area is 151 Å². The monoisotopic (exact) mass is 374 g/mol. The van der Waals surface area contributed by atoms with Crippen LogP contribution in [0.2, 0.25) is 0 Å². The topological polar surface area (TPSA) is 55.8 Å². The molecule has 0 bridgehead atoms. The van der Waals surface area contributed by atoms with Crippen molar-refractivity contribution in [2.75, 3.05) is 6.61 Å². The van der Waals surface area contributed by atoms with E-state index in [0.29, 0.717) is 31.1 Å². The highest BCUT2D eigenvalue weighted by Gasteiger charge is 2.51. The highest BCUT2D eigenvalue weighted by molar-refractivity contribution is 5.88. The van der Waals surface area contributed by atoms with Crippen LogP contribution < -0.4 is 4.74 Å². The molecule has 0 aliphatic carbocycles. The van der Waals surface area contributed by atoms with Crippen LogP contribution in [-0.4, -0.2) is 29.5 Å². The molecule has 0 saturated carbocycles. The van der Waals surface area contributed by atoms with Crippen molar-refractivity contribution in [3.8, 4) is 5.75 Å². The maximum absolute atomic E-state index is 12.9. The van der Waals surface area contributed by atoms with Crippen molar-refractivity contribution >= 4 is 5.97 Å². The molecule has 0 amide bonds. The minimum atomic E-state index is -4.79. The number of aliphatic hydroxyl groups is 1. The summed E-state index contributed by atoms with van der Waals surface area (Å²) in [4.78, 5) is 11.5. The largest absolute Gasteiger partial charge is 0.423 e. The van der Waals surface area contributed by atoms with Crippen LogP contribution in [0, 0.1) is 0 Å². The fourth-order valence-electron chi connectivity index (χ4n) is 2.33. The molecule has 0 spiro atoms. The molecule has 1 rings (SSSR count). The molecular weight excluding hydrogens is 349 g/mol. The van der Waals surface area contributed by atoms with Crippen molar-refractivity contribution in [1.29, 1.82) is 0 Å². The van der Waals surface area contributed by atoms with E-state index in [9.17, 15) is 23.1 Å². The van der Waals surface area contributed by atoms with E-state index in [1.807, 2.05) is 0 Å². The second-order valence-corrected chi connectivity index (χ2v) is 6.46. The molecule has 1 aromatic carbocycles. The number of benzene rings is 1. The van der Waals surface area contributed by atoms with Crippen LogP contribution in [0.15, 0.2) is 36.4 Å². The zero-order valence-electron chi connectivity index (χ0n) is 15.4. The molecule has 4 nitrogen and oxygen atoms in total. The third-order valence-corrected chi connectivity index (χ3v) is 4.32. The van der Waals surface area contributed by atoms with E-state index in [4.69, 9.17) is 9.47 Å². The maximum Gasteiger partial charge on any atom is 0.419 e. The van der Waals surface area contributed by atoms with Gasteiger partial charge in [-0.2, -0.15) is 13.2 Å². The Morgan fingerprint density at radius 2 is 1.65 bits per heavy atom. The van der Waals surface area contributed by atoms with E-state index in [1.165, 1.54) is 6.92 Å². The average Bonchev–Trinajstić information content (AvgIpc) is 2.56. The Balaban J connectivity index is 3.01. The number of carbonyl (C=O) groups is 1. The van der Waals surface area contributed by atoms with Crippen molar-refractivity contribution in [1.82, 2.24) is 0 Å². The number of hydrogen-bond acceptors (Lipinski definition) is 4. The quantitative estimate of drug-likeness (QED) is 0.413. The zero-order chi connectivity index (χ0) is 20.2. The van der Waals surface area contributed by atoms with E-state index in [0.717, 1.165) is 0 Å². The lowest BCUT2D eigenvalue weighted by Crippen LogP contribution is -2.48. The molecule has 0 aliphatic rings. The van der Waals surface area contributed by atoms with Gasteiger partial charge in [0.25, 0.3) is 0 Å². The second kappa shape index (κ2) is 8.22. The van der Waals surface area contributed by atoms with Crippen LogP contribution in [0.25, 0.3) is 0 Å². The molecule has 0 fully saturated rings. The Morgan fingerprint density at radius 3 is 2.04 bits per heavy atom. The van der Waals surface area contributed by atoms with Gasteiger partial charge in [0.05, 0.1) is 12.2 Å². The molecule has 1 N–H and O–H groups in total. The normalized spacial score (nSPS) is 14.6. The summed E-state index contributed by atoms with van der Waals surface area (Å²) in [6.07, 6.45) is -3.98. The van der Waals surface area contributed by atoms with Gasteiger partial charge >= 0.3 is 12.1 Å². The number of ether oxygens (including phenoxy) is 2. The lowest BCUT2D eigenvalue weighted by Gasteiger charge is -2.36. The fraction of sp³-hybridized carbons (Fsp3) is 0.526. The van der Waals surface area contributed by atoms with Crippen LogP contribution in [0.3, 0.4) is 0 Å². The Hall–Kier alpha value is -1.86. The summed E-state index contributed by atoms with van der Waals surface area (Å²) < 4.78 is 49.3. The summed E-state index contributed by atoms with van der Waals surface area (Å²) in [6, 6.07) is 6.36. The molecule has 0 aromatic heterocycles. The number of carbonyl (C=O) groups excluding carboxylic acids is 1. The van der Waals surface area contributed by atoms with Gasteiger partial charge in [0.15, 0.2) is 5.60 Å². The first kappa shape index (κ1) is 22.2. The first-order valence-electron chi connectivity index (χ1n) is 8.30. The van der Waals surface area contributed by atoms with E-state index in [-0.39, 0.29) is 5.57 Å². The molecule has 26 heavy (non-hydrogen) atoms. The number of halogens is 3.